The largest absolute Gasteiger partial charge is 0.397 e. The molecule has 5 N–H and O–H groups in total. The number of nitrogen functional groups attached to an aromatic ring is 1. The van der Waals surface area contributed by atoms with Crippen LogP contribution in [0, 0.1) is 0 Å². The molecule has 1 aliphatic heterocycles. The lowest BCUT2D eigenvalue weighted by atomic mass is 10.1. The van der Waals surface area contributed by atoms with Crippen molar-refractivity contribution in [1.29, 1.82) is 0 Å². The maximum absolute atomic E-state index is 11.7. The molecule has 1 aliphatic rings. The van der Waals surface area contributed by atoms with Crippen molar-refractivity contribution in [3.63, 3.8) is 0 Å². The number of sulfone groups is 1. The van der Waals surface area contributed by atoms with Gasteiger partial charge in [-0.1, -0.05) is 0 Å². The molecule has 1 amide bonds. The first-order chi connectivity index (χ1) is 8.90. The smallest absolute Gasteiger partial charge is 0.248 e. The molecule has 0 saturated carbocycles. The monoisotopic (exact) mass is 283 g/mol. The van der Waals surface area contributed by atoms with Gasteiger partial charge in [-0.2, -0.15) is 0 Å². The predicted molar refractivity (Wildman–Crippen MR) is 74.7 cm³/mol. The third-order valence-corrected chi connectivity index (χ3v) is 5.60. The molecule has 7 heteroatoms. The number of carbonyl (C=O) groups excluding carboxylic acids is 1. The molecule has 2 rings (SSSR count). The summed E-state index contributed by atoms with van der Waals surface area (Å²) in [5, 5.41) is 2.61. The third kappa shape index (κ3) is 2.98. The fraction of sp³-hybridized carbons (Fsp3) is 0.417. The Labute approximate surface area is 112 Å². The Balaban J connectivity index is 2.11. The zero-order valence-electron chi connectivity index (χ0n) is 10.4. The van der Waals surface area contributed by atoms with E-state index in [1.54, 1.807) is 12.1 Å². The Morgan fingerprint density at radius 1 is 1.42 bits per heavy atom. The minimum absolute atomic E-state index is 0.246. The fourth-order valence-electron chi connectivity index (χ4n) is 2.17. The highest BCUT2D eigenvalue weighted by Crippen LogP contribution is 2.23. The summed E-state index contributed by atoms with van der Waals surface area (Å²) in [6, 6.07) is 4.65. The molecular weight excluding hydrogens is 266 g/mol. The summed E-state index contributed by atoms with van der Waals surface area (Å²) in [6.45, 7) is 0.300. The van der Waals surface area contributed by atoms with Crippen LogP contribution in [0.25, 0.3) is 0 Å². The van der Waals surface area contributed by atoms with Crippen molar-refractivity contribution in [3.05, 3.63) is 23.8 Å². The highest BCUT2D eigenvalue weighted by Gasteiger charge is 2.30. The number of amides is 1. The summed E-state index contributed by atoms with van der Waals surface area (Å²) in [6.07, 6.45) is 1.36. The van der Waals surface area contributed by atoms with Crippen molar-refractivity contribution in [2.24, 2.45) is 5.73 Å². The van der Waals surface area contributed by atoms with E-state index in [0.717, 1.165) is 0 Å². The normalized spacial score (nSPS) is 21.2. The number of anilines is 2. The van der Waals surface area contributed by atoms with Crippen molar-refractivity contribution in [2.45, 2.75) is 18.1 Å². The van der Waals surface area contributed by atoms with Gasteiger partial charge in [-0.25, -0.2) is 8.42 Å². The first-order valence-corrected chi connectivity index (χ1v) is 7.76. The molecule has 0 aromatic heterocycles. The number of hydrogen-bond acceptors (Lipinski definition) is 5. The number of hydrogen-bond donors (Lipinski definition) is 3. The SMILES string of the molecule is NC(=O)c1ccc(N)c(NCC2CCCS2(=O)=O)c1. The summed E-state index contributed by atoms with van der Waals surface area (Å²) < 4.78 is 23.4. The molecule has 0 bridgehead atoms. The van der Waals surface area contributed by atoms with Crippen LogP contribution >= 0.6 is 0 Å². The summed E-state index contributed by atoms with van der Waals surface area (Å²) in [5.41, 5.74) is 12.3. The minimum atomic E-state index is -2.99. The van der Waals surface area contributed by atoms with Gasteiger partial charge in [0.25, 0.3) is 0 Å². The molecule has 1 fully saturated rings. The zero-order chi connectivity index (χ0) is 14.0. The van der Waals surface area contributed by atoms with Crippen molar-refractivity contribution >= 4 is 27.1 Å². The van der Waals surface area contributed by atoms with E-state index < -0.39 is 15.7 Å². The number of nitrogens with two attached hydrogens (primary N) is 2. The average molecular weight is 283 g/mol. The molecule has 1 heterocycles. The Bertz CT molecular complexity index is 598. The van der Waals surface area contributed by atoms with Crippen LogP contribution in [0.5, 0.6) is 0 Å². The van der Waals surface area contributed by atoms with E-state index in [-0.39, 0.29) is 11.0 Å². The van der Waals surface area contributed by atoms with E-state index in [1.165, 1.54) is 6.07 Å². The molecule has 1 unspecified atom stereocenters. The van der Waals surface area contributed by atoms with E-state index >= 15 is 0 Å². The van der Waals surface area contributed by atoms with Crippen molar-refractivity contribution < 1.29 is 13.2 Å². The second kappa shape index (κ2) is 5.08. The maximum Gasteiger partial charge on any atom is 0.248 e. The van der Waals surface area contributed by atoms with Crippen molar-refractivity contribution in [2.75, 3.05) is 23.3 Å². The summed E-state index contributed by atoms with van der Waals surface area (Å²) in [5.74, 6) is -0.299. The molecule has 1 aromatic rings. The maximum atomic E-state index is 11.7. The minimum Gasteiger partial charge on any atom is -0.397 e. The number of primary amides is 1. The second-order valence-corrected chi connectivity index (χ2v) is 7.08. The van der Waals surface area contributed by atoms with Crippen LogP contribution in [0.1, 0.15) is 23.2 Å². The van der Waals surface area contributed by atoms with Gasteiger partial charge in [-0.15, -0.1) is 0 Å². The van der Waals surface area contributed by atoms with Crippen LogP contribution in [0.15, 0.2) is 18.2 Å². The van der Waals surface area contributed by atoms with Crippen LogP contribution in [0.4, 0.5) is 11.4 Å². The second-order valence-electron chi connectivity index (χ2n) is 4.68. The topological polar surface area (TPSA) is 115 Å². The van der Waals surface area contributed by atoms with Gasteiger partial charge >= 0.3 is 0 Å². The number of benzene rings is 1. The van der Waals surface area contributed by atoms with Gasteiger partial charge in [0.05, 0.1) is 22.4 Å². The quantitative estimate of drug-likeness (QED) is 0.690. The Morgan fingerprint density at radius 3 is 2.74 bits per heavy atom. The molecule has 1 aromatic carbocycles. The average Bonchev–Trinajstić information content (AvgIpc) is 2.67. The molecule has 1 saturated heterocycles. The molecule has 6 nitrogen and oxygen atoms in total. The van der Waals surface area contributed by atoms with Gasteiger partial charge in [-0.05, 0) is 31.0 Å². The number of rotatable bonds is 4. The van der Waals surface area contributed by atoms with Crippen LogP contribution in [0.3, 0.4) is 0 Å². The Hall–Kier alpha value is -1.76. The van der Waals surface area contributed by atoms with E-state index in [4.69, 9.17) is 11.5 Å². The number of carbonyl (C=O) groups is 1. The van der Waals surface area contributed by atoms with Gasteiger partial charge in [0.2, 0.25) is 5.91 Å². The molecular formula is C12H17N3O3S. The molecule has 19 heavy (non-hydrogen) atoms. The molecule has 104 valence electrons. The Kier molecular flexibility index (Phi) is 3.66. The first-order valence-electron chi connectivity index (χ1n) is 6.05. The first kappa shape index (κ1) is 13.7. The number of nitrogens with one attached hydrogen (secondary N) is 1. The van der Waals surface area contributed by atoms with Gasteiger partial charge < -0.3 is 16.8 Å². The van der Waals surface area contributed by atoms with Gasteiger partial charge in [0.1, 0.15) is 0 Å². The summed E-state index contributed by atoms with van der Waals surface area (Å²) >= 11 is 0. The molecule has 0 aliphatic carbocycles. The van der Waals surface area contributed by atoms with Crippen molar-refractivity contribution in [3.8, 4) is 0 Å². The Morgan fingerprint density at radius 2 is 2.16 bits per heavy atom. The lowest BCUT2D eigenvalue weighted by Crippen LogP contribution is -2.25. The molecule has 0 spiro atoms. The van der Waals surface area contributed by atoms with Gasteiger partial charge in [0.15, 0.2) is 9.84 Å². The van der Waals surface area contributed by atoms with Crippen LogP contribution in [0.2, 0.25) is 0 Å². The highest BCUT2D eigenvalue weighted by atomic mass is 32.2. The molecule has 0 radical (unpaired) electrons. The summed E-state index contributed by atoms with van der Waals surface area (Å²) in [7, 11) is -2.99. The summed E-state index contributed by atoms with van der Waals surface area (Å²) in [4.78, 5) is 11.1. The standard InChI is InChI=1S/C12H17N3O3S/c13-10-4-3-8(12(14)16)6-11(10)15-7-9-2-1-5-19(9,17)18/h3-4,6,9,15H,1-2,5,7,13H2,(H2,14,16). The lowest BCUT2D eigenvalue weighted by Gasteiger charge is -2.14. The van der Waals surface area contributed by atoms with Crippen LogP contribution in [-0.2, 0) is 9.84 Å². The third-order valence-electron chi connectivity index (χ3n) is 3.32. The van der Waals surface area contributed by atoms with E-state index in [9.17, 15) is 13.2 Å². The highest BCUT2D eigenvalue weighted by molar-refractivity contribution is 7.92. The van der Waals surface area contributed by atoms with E-state index in [1.807, 2.05) is 0 Å². The van der Waals surface area contributed by atoms with Crippen molar-refractivity contribution in [1.82, 2.24) is 0 Å². The van der Waals surface area contributed by atoms with E-state index in [2.05, 4.69) is 5.32 Å². The van der Waals surface area contributed by atoms with Crippen LogP contribution < -0.4 is 16.8 Å². The van der Waals surface area contributed by atoms with Gasteiger partial charge in [-0.3, -0.25) is 4.79 Å². The lowest BCUT2D eigenvalue weighted by molar-refractivity contribution is 0.100. The van der Waals surface area contributed by atoms with Gasteiger partial charge in [0, 0.05) is 12.1 Å². The fourth-order valence-corrected chi connectivity index (χ4v) is 3.94. The van der Waals surface area contributed by atoms with E-state index in [0.29, 0.717) is 36.3 Å². The predicted octanol–water partition coefficient (Wildman–Crippen LogP) is 0.357. The van der Waals surface area contributed by atoms with Crippen LogP contribution in [-0.4, -0.2) is 31.9 Å². The zero-order valence-corrected chi connectivity index (χ0v) is 11.2. The molecule has 1 atom stereocenters.